The van der Waals surface area contributed by atoms with Crippen molar-refractivity contribution in [2.45, 2.75) is 10.2 Å². The average Bonchev–Trinajstić information content (AvgIpc) is 2.69. The van der Waals surface area contributed by atoms with Crippen LogP contribution in [0.2, 0.25) is 0 Å². The fourth-order valence-corrected chi connectivity index (χ4v) is 2.70. The number of alkyl halides is 1. The number of hydrogen-bond acceptors (Lipinski definition) is 4. The van der Waals surface area contributed by atoms with Gasteiger partial charge in [0.15, 0.2) is 15.7 Å². The first-order chi connectivity index (χ1) is 8.43. The number of nitrogens with zero attached hydrogens (tertiary/aromatic N) is 3. The molecule has 0 fully saturated rings. The van der Waals surface area contributed by atoms with Gasteiger partial charge in [0.1, 0.15) is 5.82 Å². The molecule has 2 rings (SSSR count). The number of benzene rings is 1. The zero-order valence-corrected chi connectivity index (χ0v) is 12.4. The van der Waals surface area contributed by atoms with Crippen LogP contribution in [0.15, 0.2) is 29.2 Å². The van der Waals surface area contributed by atoms with E-state index in [1.54, 1.807) is 24.3 Å². The maximum Gasteiger partial charge on any atom is 0.175 e. The summed E-state index contributed by atoms with van der Waals surface area (Å²) in [6.07, 6.45) is 1.19. The molecule has 0 bridgehead atoms. The highest BCUT2D eigenvalue weighted by molar-refractivity contribution is 9.08. The third kappa shape index (κ3) is 2.46. The molecule has 0 N–H and O–H groups in total. The highest BCUT2D eigenvalue weighted by Crippen LogP contribution is 2.20. The van der Waals surface area contributed by atoms with E-state index >= 15 is 0 Å². The Balaban J connectivity index is 2.43. The predicted molar refractivity (Wildman–Crippen MR) is 72.2 cm³/mol. The Morgan fingerprint density at radius 2 is 1.83 bits per heavy atom. The van der Waals surface area contributed by atoms with Gasteiger partial charge in [0.25, 0.3) is 0 Å². The van der Waals surface area contributed by atoms with Gasteiger partial charge in [-0.1, -0.05) is 15.9 Å². The molecule has 0 atom stereocenters. The molecule has 0 amide bonds. The Morgan fingerprint density at radius 1 is 1.22 bits per heavy atom. The normalized spacial score (nSPS) is 11.7. The zero-order chi connectivity index (χ0) is 13.3. The minimum absolute atomic E-state index is 0.300. The van der Waals surface area contributed by atoms with E-state index in [-0.39, 0.29) is 0 Å². The van der Waals surface area contributed by atoms with Gasteiger partial charge in [0.05, 0.1) is 10.2 Å². The smallest absolute Gasteiger partial charge is 0.175 e. The van der Waals surface area contributed by atoms with Gasteiger partial charge >= 0.3 is 0 Å². The van der Waals surface area contributed by atoms with E-state index < -0.39 is 9.84 Å². The van der Waals surface area contributed by atoms with Crippen LogP contribution in [-0.2, 0) is 22.2 Å². The van der Waals surface area contributed by atoms with Gasteiger partial charge in [-0.25, -0.2) is 8.42 Å². The topological polar surface area (TPSA) is 64.8 Å². The van der Waals surface area contributed by atoms with Crippen molar-refractivity contribution in [1.82, 2.24) is 14.8 Å². The van der Waals surface area contributed by atoms with Crippen LogP contribution < -0.4 is 0 Å². The molecule has 0 aliphatic heterocycles. The number of hydrogen-bond donors (Lipinski definition) is 0. The van der Waals surface area contributed by atoms with Crippen LogP contribution in [0.1, 0.15) is 5.82 Å². The average molecular weight is 330 g/mol. The summed E-state index contributed by atoms with van der Waals surface area (Å²) in [5.74, 6) is 1.53. The quantitative estimate of drug-likeness (QED) is 0.805. The first kappa shape index (κ1) is 13.2. The molecule has 0 unspecified atom stereocenters. The van der Waals surface area contributed by atoms with Gasteiger partial charge in [-0.15, -0.1) is 10.2 Å². The lowest BCUT2D eigenvalue weighted by atomic mass is 10.2. The first-order valence-electron chi connectivity index (χ1n) is 5.18. The molecule has 18 heavy (non-hydrogen) atoms. The SMILES string of the molecule is Cn1c(CBr)nnc1-c1ccc(S(C)(=O)=O)cc1. The molecule has 0 aliphatic carbocycles. The van der Waals surface area contributed by atoms with Crippen molar-refractivity contribution in [2.75, 3.05) is 6.26 Å². The van der Waals surface area contributed by atoms with Crippen molar-refractivity contribution in [3.05, 3.63) is 30.1 Å². The third-order valence-corrected chi connectivity index (χ3v) is 4.26. The van der Waals surface area contributed by atoms with E-state index in [0.717, 1.165) is 11.4 Å². The second-order valence-electron chi connectivity index (χ2n) is 3.93. The van der Waals surface area contributed by atoms with Gasteiger partial charge < -0.3 is 4.57 Å². The molecular formula is C11H12BrN3O2S. The van der Waals surface area contributed by atoms with Gasteiger partial charge in [0.2, 0.25) is 0 Å². The minimum atomic E-state index is -3.16. The molecular weight excluding hydrogens is 318 g/mol. The summed E-state index contributed by atoms with van der Waals surface area (Å²) in [7, 11) is -1.29. The van der Waals surface area contributed by atoms with Crippen LogP contribution in [0.5, 0.6) is 0 Å². The molecule has 2 aromatic rings. The van der Waals surface area contributed by atoms with Crippen molar-refractivity contribution in [2.24, 2.45) is 7.05 Å². The van der Waals surface area contributed by atoms with Crippen LogP contribution in [0.25, 0.3) is 11.4 Å². The molecule has 0 saturated carbocycles. The van der Waals surface area contributed by atoms with Gasteiger partial charge in [0, 0.05) is 18.9 Å². The summed E-state index contributed by atoms with van der Waals surface area (Å²) in [6.45, 7) is 0. The van der Waals surface area contributed by atoms with Crippen molar-refractivity contribution in [3.8, 4) is 11.4 Å². The number of rotatable bonds is 3. The maximum atomic E-state index is 11.4. The summed E-state index contributed by atoms with van der Waals surface area (Å²) in [5.41, 5.74) is 0.838. The Bertz CT molecular complexity index is 662. The first-order valence-corrected chi connectivity index (χ1v) is 8.19. The van der Waals surface area contributed by atoms with Crippen LogP contribution in [0.3, 0.4) is 0 Å². The van der Waals surface area contributed by atoms with Crippen molar-refractivity contribution in [3.63, 3.8) is 0 Å². The molecule has 1 aromatic carbocycles. The van der Waals surface area contributed by atoms with E-state index in [4.69, 9.17) is 0 Å². The number of sulfone groups is 1. The summed E-state index contributed by atoms with van der Waals surface area (Å²) in [6, 6.07) is 6.62. The van der Waals surface area contributed by atoms with Gasteiger partial charge in [-0.2, -0.15) is 0 Å². The summed E-state index contributed by atoms with van der Waals surface area (Å²) < 4.78 is 24.6. The summed E-state index contributed by atoms with van der Waals surface area (Å²) in [5, 5.41) is 8.73. The molecule has 0 aliphatic rings. The number of aromatic nitrogens is 3. The predicted octanol–water partition coefficient (Wildman–Crippen LogP) is 1.78. The Kier molecular flexibility index (Phi) is 3.54. The van der Waals surface area contributed by atoms with Crippen LogP contribution in [-0.4, -0.2) is 29.4 Å². The molecule has 0 saturated heterocycles. The lowest BCUT2D eigenvalue weighted by molar-refractivity contribution is 0.602. The van der Waals surface area contributed by atoms with E-state index in [1.807, 2.05) is 11.6 Å². The molecule has 0 spiro atoms. The van der Waals surface area contributed by atoms with E-state index in [9.17, 15) is 8.42 Å². The number of halogens is 1. The third-order valence-electron chi connectivity index (χ3n) is 2.63. The largest absolute Gasteiger partial charge is 0.313 e. The molecule has 1 aromatic heterocycles. The Labute approximate surface area is 114 Å². The molecule has 0 radical (unpaired) electrons. The van der Waals surface area contributed by atoms with Crippen LogP contribution in [0, 0.1) is 0 Å². The Hall–Kier alpha value is -1.21. The second-order valence-corrected chi connectivity index (χ2v) is 6.51. The van der Waals surface area contributed by atoms with Crippen molar-refractivity contribution >= 4 is 25.8 Å². The van der Waals surface area contributed by atoms with Gasteiger partial charge in [-0.3, -0.25) is 0 Å². The lowest BCUT2D eigenvalue weighted by Crippen LogP contribution is -1.99. The van der Waals surface area contributed by atoms with E-state index in [1.165, 1.54) is 6.26 Å². The monoisotopic (exact) mass is 329 g/mol. The molecule has 1 heterocycles. The van der Waals surface area contributed by atoms with Crippen molar-refractivity contribution < 1.29 is 8.42 Å². The van der Waals surface area contributed by atoms with Crippen LogP contribution >= 0.6 is 15.9 Å². The highest BCUT2D eigenvalue weighted by atomic mass is 79.9. The lowest BCUT2D eigenvalue weighted by Gasteiger charge is -2.03. The van der Waals surface area contributed by atoms with Crippen LogP contribution in [0.4, 0.5) is 0 Å². The summed E-state index contributed by atoms with van der Waals surface area (Å²) in [4.78, 5) is 0.300. The molecule has 5 nitrogen and oxygen atoms in total. The molecule has 7 heteroatoms. The maximum absolute atomic E-state index is 11.4. The summed E-state index contributed by atoms with van der Waals surface area (Å²) >= 11 is 3.33. The Morgan fingerprint density at radius 3 is 2.28 bits per heavy atom. The van der Waals surface area contributed by atoms with Crippen molar-refractivity contribution in [1.29, 1.82) is 0 Å². The zero-order valence-electron chi connectivity index (χ0n) is 9.96. The second kappa shape index (κ2) is 4.81. The highest BCUT2D eigenvalue weighted by Gasteiger charge is 2.11. The van der Waals surface area contributed by atoms with E-state index in [0.29, 0.717) is 16.0 Å². The van der Waals surface area contributed by atoms with E-state index in [2.05, 4.69) is 26.1 Å². The standard InChI is InChI=1S/C11H12BrN3O2S/c1-15-10(7-12)13-14-11(15)8-3-5-9(6-4-8)18(2,16)17/h3-6H,7H2,1-2H3. The minimum Gasteiger partial charge on any atom is -0.313 e. The fraction of sp³-hybridized carbons (Fsp3) is 0.273. The molecule has 96 valence electrons. The fourth-order valence-electron chi connectivity index (χ4n) is 1.58. The van der Waals surface area contributed by atoms with Gasteiger partial charge in [-0.05, 0) is 24.3 Å².